The third-order valence-electron chi connectivity index (χ3n) is 3.09. The second kappa shape index (κ2) is 6.10. The van der Waals surface area contributed by atoms with E-state index in [1.165, 1.54) is 5.56 Å². The van der Waals surface area contributed by atoms with Gasteiger partial charge in [0.25, 0.3) is 5.91 Å². The highest BCUT2D eigenvalue weighted by molar-refractivity contribution is 9.11. The van der Waals surface area contributed by atoms with Gasteiger partial charge in [-0.2, -0.15) is 0 Å². The first-order valence-electron chi connectivity index (χ1n) is 6.22. The maximum atomic E-state index is 12.4. The molecule has 0 aliphatic carbocycles. The Morgan fingerprint density at radius 1 is 1.00 bits per heavy atom. The maximum absolute atomic E-state index is 12.4. The van der Waals surface area contributed by atoms with Gasteiger partial charge < -0.3 is 5.32 Å². The van der Waals surface area contributed by atoms with Crippen LogP contribution in [0.15, 0.2) is 39.3 Å². The second-order valence-electron chi connectivity index (χ2n) is 4.85. The molecule has 2 nitrogen and oxygen atoms in total. The number of anilines is 1. The van der Waals surface area contributed by atoms with Crippen LogP contribution >= 0.6 is 31.9 Å². The third kappa shape index (κ3) is 3.30. The number of benzene rings is 2. The molecule has 0 aliphatic heterocycles. The van der Waals surface area contributed by atoms with Crippen LogP contribution in [0.3, 0.4) is 0 Å². The van der Waals surface area contributed by atoms with E-state index in [-0.39, 0.29) is 5.91 Å². The van der Waals surface area contributed by atoms with E-state index in [0.717, 1.165) is 25.8 Å². The van der Waals surface area contributed by atoms with Crippen LogP contribution in [0.2, 0.25) is 0 Å². The van der Waals surface area contributed by atoms with E-state index in [0.29, 0.717) is 5.56 Å². The van der Waals surface area contributed by atoms with Crippen LogP contribution in [0.4, 0.5) is 5.69 Å². The van der Waals surface area contributed by atoms with Crippen molar-refractivity contribution in [2.45, 2.75) is 20.8 Å². The van der Waals surface area contributed by atoms with E-state index in [4.69, 9.17) is 0 Å². The number of amides is 1. The largest absolute Gasteiger partial charge is 0.321 e. The Hall–Kier alpha value is -1.13. The van der Waals surface area contributed by atoms with Crippen molar-refractivity contribution in [2.24, 2.45) is 0 Å². The molecule has 0 heterocycles. The van der Waals surface area contributed by atoms with E-state index in [9.17, 15) is 4.79 Å². The maximum Gasteiger partial charge on any atom is 0.256 e. The summed E-state index contributed by atoms with van der Waals surface area (Å²) in [7, 11) is 0. The Labute approximate surface area is 135 Å². The van der Waals surface area contributed by atoms with E-state index in [1.807, 2.05) is 26.0 Å². The molecule has 0 saturated heterocycles. The molecule has 104 valence electrons. The second-order valence-corrected chi connectivity index (χ2v) is 6.62. The van der Waals surface area contributed by atoms with Crippen LogP contribution < -0.4 is 5.32 Å². The van der Waals surface area contributed by atoms with Crippen molar-refractivity contribution in [3.8, 4) is 0 Å². The first-order valence-corrected chi connectivity index (χ1v) is 7.81. The molecule has 2 aromatic carbocycles. The first kappa shape index (κ1) is 15.3. The molecule has 4 heteroatoms. The van der Waals surface area contributed by atoms with E-state index in [1.54, 1.807) is 6.07 Å². The topological polar surface area (TPSA) is 29.1 Å². The average molecular weight is 397 g/mol. The number of aryl methyl sites for hydroxylation is 3. The van der Waals surface area contributed by atoms with Crippen LogP contribution in [0, 0.1) is 20.8 Å². The Morgan fingerprint density at radius 2 is 1.60 bits per heavy atom. The zero-order chi connectivity index (χ0) is 14.9. The molecule has 0 aliphatic rings. The van der Waals surface area contributed by atoms with Crippen LogP contribution in [0.1, 0.15) is 27.0 Å². The summed E-state index contributed by atoms with van der Waals surface area (Å²) in [4.78, 5) is 12.4. The highest BCUT2D eigenvalue weighted by atomic mass is 79.9. The predicted molar refractivity (Wildman–Crippen MR) is 90.4 cm³/mol. The summed E-state index contributed by atoms with van der Waals surface area (Å²) in [5, 5.41) is 3.00. The van der Waals surface area contributed by atoms with Crippen molar-refractivity contribution in [2.75, 3.05) is 5.32 Å². The van der Waals surface area contributed by atoms with Crippen molar-refractivity contribution >= 4 is 43.5 Å². The minimum Gasteiger partial charge on any atom is -0.321 e. The molecule has 0 bridgehead atoms. The zero-order valence-corrected chi connectivity index (χ0v) is 14.7. The van der Waals surface area contributed by atoms with E-state index < -0.39 is 0 Å². The third-order valence-corrected chi connectivity index (χ3v) is 4.27. The highest BCUT2D eigenvalue weighted by Gasteiger charge is 2.13. The number of carbonyl (C=O) groups is 1. The van der Waals surface area contributed by atoms with Gasteiger partial charge in [0.2, 0.25) is 0 Å². The molecule has 0 aromatic heterocycles. The van der Waals surface area contributed by atoms with Gasteiger partial charge in [0.15, 0.2) is 0 Å². The number of carbonyl (C=O) groups excluding carboxylic acids is 1. The molecule has 0 unspecified atom stereocenters. The molecular formula is C16H15Br2NO. The number of halogens is 2. The molecule has 0 fully saturated rings. The molecule has 2 aromatic rings. The van der Waals surface area contributed by atoms with Gasteiger partial charge in [0, 0.05) is 14.6 Å². The van der Waals surface area contributed by atoms with Gasteiger partial charge in [-0.05, 0) is 66.0 Å². The van der Waals surface area contributed by atoms with Crippen molar-refractivity contribution in [1.82, 2.24) is 0 Å². The van der Waals surface area contributed by atoms with Crippen molar-refractivity contribution < 1.29 is 4.79 Å². The van der Waals surface area contributed by atoms with Crippen LogP contribution in [-0.4, -0.2) is 5.91 Å². The lowest BCUT2D eigenvalue weighted by molar-refractivity contribution is 0.102. The fourth-order valence-electron chi connectivity index (χ4n) is 2.23. The summed E-state index contributed by atoms with van der Waals surface area (Å²) in [5.74, 6) is -0.117. The highest BCUT2D eigenvalue weighted by Crippen LogP contribution is 2.26. The lowest BCUT2D eigenvalue weighted by Crippen LogP contribution is -2.14. The van der Waals surface area contributed by atoms with Gasteiger partial charge in [-0.25, -0.2) is 0 Å². The molecule has 0 saturated carbocycles. The number of hydrogen-bond donors (Lipinski definition) is 1. The van der Waals surface area contributed by atoms with Gasteiger partial charge in [0.1, 0.15) is 0 Å². The summed E-state index contributed by atoms with van der Waals surface area (Å²) >= 11 is 6.80. The van der Waals surface area contributed by atoms with Crippen molar-refractivity contribution in [3.63, 3.8) is 0 Å². The minimum atomic E-state index is -0.117. The van der Waals surface area contributed by atoms with Crippen LogP contribution in [0.5, 0.6) is 0 Å². The number of hydrogen-bond acceptors (Lipinski definition) is 1. The van der Waals surface area contributed by atoms with Gasteiger partial charge in [-0.1, -0.05) is 33.6 Å². The fourth-order valence-corrected chi connectivity index (χ4v) is 3.02. The molecule has 1 N–H and O–H groups in total. The summed E-state index contributed by atoms with van der Waals surface area (Å²) in [5.41, 5.74) is 4.83. The van der Waals surface area contributed by atoms with Crippen molar-refractivity contribution in [1.29, 1.82) is 0 Å². The quantitative estimate of drug-likeness (QED) is 0.724. The standard InChI is InChI=1S/C16H15Br2NO/c1-9-6-10(2)15(11(3)7-9)19-16(20)13-8-12(17)4-5-14(13)18/h4-8H,1-3H3,(H,19,20). The summed E-state index contributed by atoms with van der Waals surface area (Å²) in [6.07, 6.45) is 0. The molecule has 2 rings (SSSR count). The smallest absolute Gasteiger partial charge is 0.256 e. The number of rotatable bonds is 2. The normalized spacial score (nSPS) is 10.4. The van der Waals surface area contributed by atoms with Gasteiger partial charge in [0.05, 0.1) is 5.56 Å². The minimum absolute atomic E-state index is 0.117. The summed E-state index contributed by atoms with van der Waals surface area (Å²) in [6.45, 7) is 6.06. The molecule has 0 radical (unpaired) electrons. The Balaban J connectivity index is 2.35. The molecular weight excluding hydrogens is 382 g/mol. The zero-order valence-electron chi connectivity index (χ0n) is 11.6. The molecule has 0 spiro atoms. The molecule has 20 heavy (non-hydrogen) atoms. The van der Waals surface area contributed by atoms with Crippen LogP contribution in [-0.2, 0) is 0 Å². The predicted octanol–water partition coefficient (Wildman–Crippen LogP) is 5.39. The average Bonchev–Trinajstić information content (AvgIpc) is 2.36. The SMILES string of the molecule is Cc1cc(C)c(NC(=O)c2cc(Br)ccc2Br)c(C)c1. The van der Waals surface area contributed by atoms with E-state index >= 15 is 0 Å². The Morgan fingerprint density at radius 3 is 2.20 bits per heavy atom. The Kier molecular flexibility index (Phi) is 4.66. The first-order chi connectivity index (χ1) is 9.38. The lowest BCUT2D eigenvalue weighted by Gasteiger charge is -2.13. The summed E-state index contributed by atoms with van der Waals surface area (Å²) < 4.78 is 1.66. The van der Waals surface area contributed by atoms with Crippen molar-refractivity contribution in [3.05, 3.63) is 61.5 Å². The number of nitrogens with one attached hydrogen (secondary N) is 1. The summed E-state index contributed by atoms with van der Waals surface area (Å²) in [6, 6.07) is 9.69. The lowest BCUT2D eigenvalue weighted by atomic mass is 10.0. The molecule has 0 atom stereocenters. The monoisotopic (exact) mass is 395 g/mol. The van der Waals surface area contributed by atoms with Gasteiger partial charge in [-0.15, -0.1) is 0 Å². The van der Waals surface area contributed by atoms with Crippen LogP contribution in [0.25, 0.3) is 0 Å². The fraction of sp³-hybridized carbons (Fsp3) is 0.188. The van der Waals surface area contributed by atoms with E-state index in [2.05, 4.69) is 56.2 Å². The van der Waals surface area contributed by atoms with Gasteiger partial charge in [-0.3, -0.25) is 4.79 Å². The Bertz CT molecular complexity index is 657. The molecule has 1 amide bonds. The van der Waals surface area contributed by atoms with Gasteiger partial charge >= 0.3 is 0 Å².